The van der Waals surface area contributed by atoms with Crippen molar-refractivity contribution in [3.05, 3.63) is 0 Å². The topological polar surface area (TPSA) is 32.3 Å². The first-order chi connectivity index (χ1) is 7.74. The highest BCUT2D eigenvalue weighted by Crippen LogP contribution is 2.09. The van der Waals surface area contributed by atoms with Crippen LogP contribution in [0.1, 0.15) is 33.1 Å². The zero-order valence-corrected chi connectivity index (χ0v) is 11.5. The van der Waals surface area contributed by atoms with Crippen LogP contribution < -0.4 is 5.32 Å². The number of hydrogen-bond acceptors (Lipinski definition) is 3. The highest BCUT2D eigenvalue weighted by Gasteiger charge is 2.19. The molecule has 1 aliphatic heterocycles. The Morgan fingerprint density at radius 3 is 2.62 bits per heavy atom. The van der Waals surface area contributed by atoms with Crippen molar-refractivity contribution in [2.45, 2.75) is 39.2 Å². The van der Waals surface area contributed by atoms with E-state index in [0.29, 0.717) is 6.04 Å². The molecule has 1 N–H and O–H groups in total. The first kappa shape index (κ1) is 14.1. The summed E-state index contributed by atoms with van der Waals surface area (Å²) in [4.78, 5) is 2.49. The van der Waals surface area contributed by atoms with Crippen molar-refractivity contribution in [3.8, 4) is 0 Å². The Hall–Kier alpha value is 0.0700. The van der Waals surface area contributed by atoms with E-state index in [-0.39, 0.29) is 0 Å². The molecule has 1 fully saturated rings. The molecular weight excluding hydrogens is 220 g/mol. The van der Waals surface area contributed by atoms with Crippen LogP contribution in [-0.4, -0.2) is 52.8 Å². The maximum absolute atomic E-state index is 11.2. The van der Waals surface area contributed by atoms with E-state index in [1.807, 2.05) is 0 Å². The Labute approximate surface area is 102 Å². The third-order valence-corrected chi connectivity index (χ3v) is 4.51. The summed E-state index contributed by atoms with van der Waals surface area (Å²) in [5.74, 6) is 1.75. The fraction of sp³-hybridized carbons (Fsp3) is 1.00. The molecule has 16 heavy (non-hydrogen) atoms. The largest absolute Gasteiger partial charge is 0.317 e. The second-order valence-corrected chi connectivity index (χ2v) is 6.32. The van der Waals surface area contributed by atoms with Crippen LogP contribution in [0.25, 0.3) is 0 Å². The van der Waals surface area contributed by atoms with E-state index in [1.165, 1.54) is 19.3 Å². The van der Waals surface area contributed by atoms with Crippen LogP contribution in [0.4, 0.5) is 0 Å². The van der Waals surface area contributed by atoms with Crippen LogP contribution in [0.2, 0.25) is 0 Å². The summed E-state index contributed by atoms with van der Waals surface area (Å²) in [6.07, 6.45) is 3.72. The van der Waals surface area contributed by atoms with Crippen molar-refractivity contribution >= 4 is 10.8 Å². The molecule has 0 spiro atoms. The molecule has 96 valence electrons. The van der Waals surface area contributed by atoms with E-state index in [1.54, 1.807) is 0 Å². The van der Waals surface area contributed by atoms with Gasteiger partial charge in [0.1, 0.15) is 0 Å². The fourth-order valence-electron chi connectivity index (χ4n) is 2.10. The van der Waals surface area contributed by atoms with Crippen LogP contribution >= 0.6 is 0 Å². The van der Waals surface area contributed by atoms with Gasteiger partial charge in [-0.3, -0.25) is 9.11 Å². The minimum atomic E-state index is -0.541. The second-order valence-electron chi connectivity index (χ2n) is 4.63. The Balaban J connectivity index is 2.05. The average molecular weight is 246 g/mol. The molecule has 0 aliphatic carbocycles. The van der Waals surface area contributed by atoms with Gasteiger partial charge in [-0.25, -0.2) is 0 Å². The lowest BCUT2D eigenvalue weighted by Crippen LogP contribution is -2.43. The smallest absolute Gasteiger partial charge is 0.0363 e. The molecule has 0 aromatic rings. The number of hydrogen-bond donors (Lipinski definition) is 1. The quantitative estimate of drug-likeness (QED) is 0.686. The fourth-order valence-corrected chi connectivity index (χ4v) is 3.18. The molecule has 3 nitrogen and oxygen atoms in total. The van der Waals surface area contributed by atoms with Crippen molar-refractivity contribution in [2.75, 3.05) is 37.7 Å². The van der Waals surface area contributed by atoms with Crippen LogP contribution in [0, 0.1) is 0 Å². The highest BCUT2D eigenvalue weighted by atomic mass is 32.2. The molecule has 1 rings (SSSR count). The van der Waals surface area contributed by atoms with Crippen molar-refractivity contribution in [3.63, 3.8) is 0 Å². The monoisotopic (exact) mass is 246 g/mol. The van der Waals surface area contributed by atoms with Gasteiger partial charge < -0.3 is 5.32 Å². The van der Waals surface area contributed by atoms with Gasteiger partial charge in [0, 0.05) is 41.4 Å². The number of rotatable bonds is 7. The second kappa shape index (κ2) is 8.20. The Kier molecular flexibility index (Phi) is 7.25. The maximum atomic E-state index is 11.2. The molecule has 4 heteroatoms. The molecule has 0 radical (unpaired) electrons. The van der Waals surface area contributed by atoms with E-state index < -0.39 is 10.8 Å². The predicted octanol–water partition coefficient (Wildman–Crippen LogP) is 1.22. The molecule has 1 saturated heterocycles. The molecule has 1 aliphatic rings. The standard InChI is InChI=1S/C12H26N2OS/c1-3-6-13-7-4-5-12(2)14-8-10-16(15)11-9-14/h12-13H,3-11H2,1-2H3. The maximum Gasteiger partial charge on any atom is 0.0363 e. The van der Waals surface area contributed by atoms with Crippen molar-refractivity contribution in [1.82, 2.24) is 10.2 Å². The lowest BCUT2D eigenvalue weighted by molar-refractivity contribution is 0.215. The van der Waals surface area contributed by atoms with Crippen LogP contribution in [0.3, 0.4) is 0 Å². The molecule has 1 heterocycles. The van der Waals surface area contributed by atoms with Gasteiger partial charge in [-0.15, -0.1) is 0 Å². The van der Waals surface area contributed by atoms with Crippen molar-refractivity contribution in [2.24, 2.45) is 0 Å². The summed E-state index contributed by atoms with van der Waals surface area (Å²) in [5, 5.41) is 3.43. The predicted molar refractivity (Wildman–Crippen MR) is 71.3 cm³/mol. The van der Waals surface area contributed by atoms with Crippen LogP contribution in [0.15, 0.2) is 0 Å². The Bertz CT molecular complexity index is 201. The normalized spacial score (nSPS) is 21.1. The number of nitrogens with one attached hydrogen (secondary N) is 1. The molecule has 1 atom stereocenters. The van der Waals surface area contributed by atoms with Gasteiger partial charge >= 0.3 is 0 Å². The average Bonchev–Trinajstić information content (AvgIpc) is 2.29. The summed E-state index contributed by atoms with van der Waals surface area (Å²) < 4.78 is 11.2. The van der Waals surface area contributed by atoms with Crippen molar-refractivity contribution < 1.29 is 4.21 Å². The van der Waals surface area contributed by atoms with Gasteiger partial charge in [0.05, 0.1) is 0 Å². The van der Waals surface area contributed by atoms with E-state index in [2.05, 4.69) is 24.1 Å². The summed E-state index contributed by atoms with van der Waals surface area (Å²) in [5.41, 5.74) is 0. The highest BCUT2D eigenvalue weighted by molar-refractivity contribution is 7.85. The molecular formula is C12H26N2OS. The van der Waals surface area contributed by atoms with Gasteiger partial charge in [-0.05, 0) is 39.3 Å². The zero-order valence-electron chi connectivity index (χ0n) is 10.7. The molecule has 0 amide bonds. The van der Waals surface area contributed by atoms with Crippen molar-refractivity contribution in [1.29, 1.82) is 0 Å². The third kappa shape index (κ3) is 5.41. The Morgan fingerprint density at radius 2 is 2.00 bits per heavy atom. The minimum absolute atomic E-state index is 0.541. The van der Waals surface area contributed by atoms with Gasteiger partial charge in [0.2, 0.25) is 0 Å². The van der Waals surface area contributed by atoms with Crippen LogP contribution in [0.5, 0.6) is 0 Å². The first-order valence-electron chi connectivity index (χ1n) is 6.53. The third-order valence-electron chi connectivity index (χ3n) is 3.24. The number of nitrogens with zero attached hydrogens (tertiary/aromatic N) is 1. The molecule has 0 aromatic heterocycles. The van der Waals surface area contributed by atoms with Gasteiger partial charge in [-0.1, -0.05) is 6.92 Å². The van der Waals surface area contributed by atoms with E-state index in [4.69, 9.17) is 0 Å². The van der Waals surface area contributed by atoms with Gasteiger partial charge in [-0.2, -0.15) is 0 Å². The summed E-state index contributed by atoms with van der Waals surface area (Å²) in [6, 6.07) is 0.653. The molecule has 0 aromatic carbocycles. The molecule has 0 bridgehead atoms. The van der Waals surface area contributed by atoms with E-state index in [0.717, 1.165) is 37.7 Å². The Morgan fingerprint density at radius 1 is 1.31 bits per heavy atom. The van der Waals surface area contributed by atoms with E-state index >= 15 is 0 Å². The lowest BCUT2D eigenvalue weighted by Gasteiger charge is -2.32. The molecule has 1 unspecified atom stereocenters. The first-order valence-corrected chi connectivity index (χ1v) is 8.02. The minimum Gasteiger partial charge on any atom is -0.317 e. The van der Waals surface area contributed by atoms with Gasteiger partial charge in [0.25, 0.3) is 0 Å². The van der Waals surface area contributed by atoms with E-state index in [9.17, 15) is 4.21 Å². The van der Waals surface area contributed by atoms with Gasteiger partial charge in [0.15, 0.2) is 0 Å². The zero-order chi connectivity index (χ0) is 11.8. The SMILES string of the molecule is CCCNCCCC(C)N1CCS(=O)CC1. The molecule has 0 saturated carbocycles. The summed E-state index contributed by atoms with van der Waals surface area (Å²) in [6.45, 7) is 8.82. The van der Waals surface area contributed by atoms with Crippen LogP contribution in [-0.2, 0) is 10.8 Å². The summed E-state index contributed by atoms with van der Waals surface area (Å²) >= 11 is 0. The summed E-state index contributed by atoms with van der Waals surface area (Å²) in [7, 11) is -0.541. The lowest BCUT2D eigenvalue weighted by atomic mass is 10.1.